The standard InChI is InChI=1S/C20H14Cl2N2O3S/c1-28-19-7-6-14(11-23-19)20(25)13-4-2-12(3-5-13)8-16-17(21)9-15(24(26)27)10-18(16)22/h2-7,9-11H,8H2,1H3. The minimum Gasteiger partial charge on any atom is -0.289 e. The lowest BCUT2D eigenvalue weighted by Gasteiger charge is -2.08. The average Bonchev–Trinajstić information content (AvgIpc) is 2.70. The Morgan fingerprint density at radius 3 is 2.18 bits per heavy atom. The summed E-state index contributed by atoms with van der Waals surface area (Å²) >= 11 is 13.8. The maximum Gasteiger partial charge on any atom is 0.272 e. The van der Waals surface area contributed by atoms with E-state index in [-0.39, 0.29) is 21.5 Å². The number of thioether (sulfide) groups is 1. The van der Waals surface area contributed by atoms with E-state index < -0.39 is 4.92 Å². The maximum atomic E-state index is 12.6. The zero-order chi connectivity index (χ0) is 20.3. The number of hydrogen-bond acceptors (Lipinski definition) is 5. The fourth-order valence-corrected chi connectivity index (χ4v) is 3.62. The summed E-state index contributed by atoms with van der Waals surface area (Å²) in [5.41, 5.74) is 2.39. The fourth-order valence-electron chi connectivity index (χ4n) is 2.64. The molecular weight excluding hydrogens is 419 g/mol. The number of pyridine rings is 1. The molecular formula is C20H14Cl2N2O3S. The van der Waals surface area contributed by atoms with Gasteiger partial charge in [0.25, 0.3) is 5.69 Å². The number of nitrogens with zero attached hydrogens (tertiary/aromatic N) is 2. The van der Waals surface area contributed by atoms with Crippen LogP contribution in [-0.4, -0.2) is 21.9 Å². The number of halogens is 2. The highest BCUT2D eigenvalue weighted by Gasteiger charge is 2.15. The second-order valence-corrected chi connectivity index (χ2v) is 7.58. The van der Waals surface area contributed by atoms with Crippen LogP contribution in [0.15, 0.2) is 59.8 Å². The number of non-ortho nitro benzene ring substituents is 1. The summed E-state index contributed by atoms with van der Waals surface area (Å²) in [6, 6.07) is 13.2. The summed E-state index contributed by atoms with van der Waals surface area (Å²) in [4.78, 5) is 27.1. The number of nitro benzene ring substituents is 1. The van der Waals surface area contributed by atoms with Gasteiger partial charge in [-0.3, -0.25) is 14.9 Å². The fraction of sp³-hybridized carbons (Fsp3) is 0.100. The number of rotatable bonds is 6. The Labute approximate surface area is 175 Å². The van der Waals surface area contributed by atoms with Crippen molar-refractivity contribution in [3.63, 3.8) is 0 Å². The highest BCUT2D eigenvalue weighted by Crippen LogP contribution is 2.32. The zero-order valence-electron chi connectivity index (χ0n) is 14.7. The quantitative estimate of drug-likeness (QED) is 0.211. The molecule has 0 aliphatic heterocycles. The van der Waals surface area contributed by atoms with Crippen LogP contribution in [0.5, 0.6) is 0 Å². The predicted octanol–water partition coefficient (Wildman–Crippen LogP) is 5.84. The molecule has 0 unspecified atom stereocenters. The number of hydrogen-bond donors (Lipinski definition) is 0. The number of ketones is 1. The molecule has 5 nitrogen and oxygen atoms in total. The molecule has 3 rings (SSSR count). The third-order valence-electron chi connectivity index (χ3n) is 4.14. The molecule has 0 bridgehead atoms. The van der Waals surface area contributed by atoms with Gasteiger partial charge in [0.15, 0.2) is 5.78 Å². The van der Waals surface area contributed by atoms with Crippen molar-refractivity contribution in [3.8, 4) is 0 Å². The molecule has 0 saturated heterocycles. The number of benzene rings is 2. The molecule has 0 saturated carbocycles. The number of carbonyl (C=O) groups excluding carboxylic acids is 1. The van der Waals surface area contributed by atoms with Gasteiger partial charge in [-0.15, -0.1) is 11.8 Å². The van der Waals surface area contributed by atoms with Gasteiger partial charge >= 0.3 is 0 Å². The van der Waals surface area contributed by atoms with E-state index in [1.54, 1.807) is 24.4 Å². The van der Waals surface area contributed by atoms with Crippen molar-refractivity contribution >= 4 is 46.4 Å². The van der Waals surface area contributed by atoms with Crippen molar-refractivity contribution in [3.05, 3.63) is 97.1 Å². The first kappa shape index (κ1) is 20.3. The molecule has 0 aliphatic carbocycles. The van der Waals surface area contributed by atoms with Crippen molar-refractivity contribution in [2.24, 2.45) is 0 Å². The maximum absolute atomic E-state index is 12.6. The molecule has 28 heavy (non-hydrogen) atoms. The average molecular weight is 433 g/mol. The molecule has 0 amide bonds. The molecule has 142 valence electrons. The van der Waals surface area contributed by atoms with Crippen LogP contribution in [0.25, 0.3) is 0 Å². The summed E-state index contributed by atoms with van der Waals surface area (Å²) < 4.78 is 0. The van der Waals surface area contributed by atoms with Crippen molar-refractivity contribution in [2.45, 2.75) is 11.4 Å². The van der Waals surface area contributed by atoms with E-state index in [9.17, 15) is 14.9 Å². The lowest BCUT2D eigenvalue weighted by molar-refractivity contribution is -0.384. The Kier molecular flexibility index (Phi) is 6.34. The van der Waals surface area contributed by atoms with Crippen molar-refractivity contribution in [2.75, 3.05) is 6.26 Å². The normalized spacial score (nSPS) is 10.7. The summed E-state index contributed by atoms with van der Waals surface area (Å²) in [5, 5.41) is 12.2. The monoisotopic (exact) mass is 432 g/mol. The van der Waals surface area contributed by atoms with Gasteiger partial charge in [0.2, 0.25) is 0 Å². The van der Waals surface area contributed by atoms with Gasteiger partial charge in [-0.05, 0) is 29.5 Å². The van der Waals surface area contributed by atoms with E-state index in [0.717, 1.165) is 10.6 Å². The van der Waals surface area contributed by atoms with Crippen LogP contribution in [0.4, 0.5) is 5.69 Å². The third-order valence-corrected chi connectivity index (χ3v) is 5.48. The highest BCUT2D eigenvalue weighted by molar-refractivity contribution is 7.98. The lowest BCUT2D eigenvalue weighted by atomic mass is 10.00. The van der Waals surface area contributed by atoms with E-state index in [2.05, 4.69) is 4.98 Å². The molecule has 0 radical (unpaired) electrons. The van der Waals surface area contributed by atoms with Gasteiger partial charge < -0.3 is 0 Å². The number of aromatic nitrogens is 1. The van der Waals surface area contributed by atoms with E-state index >= 15 is 0 Å². The Balaban J connectivity index is 1.79. The first-order chi connectivity index (χ1) is 13.4. The second kappa shape index (κ2) is 8.73. The van der Waals surface area contributed by atoms with Crippen LogP contribution < -0.4 is 0 Å². The molecule has 8 heteroatoms. The lowest BCUT2D eigenvalue weighted by Crippen LogP contribution is -2.02. The van der Waals surface area contributed by atoms with Gasteiger partial charge in [0.1, 0.15) is 0 Å². The van der Waals surface area contributed by atoms with E-state index in [0.29, 0.717) is 23.1 Å². The van der Waals surface area contributed by atoms with Crippen LogP contribution in [0, 0.1) is 10.1 Å². The van der Waals surface area contributed by atoms with Crippen LogP contribution >= 0.6 is 35.0 Å². The first-order valence-corrected chi connectivity index (χ1v) is 10.1. The predicted molar refractivity (Wildman–Crippen MR) is 112 cm³/mol. The Morgan fingerprint density at radius 2 is 1.68 bits per heavy atom. The van der Waals surface area contributed by atoms with E-state index in [1.807, 2.05) is 24.5 Å². The van der Waals surface area contributed by atoms with Crippen LogP contribution in [0.2, 0.25) is 10.0 Å². The minimum atomic E-state index is -0.539. The molecule has 0 N–H and O–H groups in total. The van der Waals surface area contributed by atoms with Crippen molar-refractivity contribution in [1.29, 1.82) is 0 Å². The smallest absolute Gasteiger partial charge is 0.272 e. The molecule has 2 aromatic carbocycles. The third kappa shape index (κ3) is 4.52. The zero-order valence-corrected chi connectivity index (χ0v) is 17.0. The topological polar surface area (TPSA) is 73.1 Å². The van der Waals surface area contributed by atoms with Gasteiger partial charge in [-0.2, -0.15) is 0 Å². The van der Waals surface area contributed by atoms with Crippen molar-refractivity contribution < 1.29 is 9.72 Å². The summed E-state index contributed by atoms with van der Waals surface area (Å²) in [5.74, 6) is -0.113. The summed E-state index contributed by atoms with van der Waals surface area (Å²) in [6.45, 7) is 0. The number of carbonyl (C=O) groups is 1. The van der Waals surface area contributed by atoms with E-state index in [1.165, 1.54) is 23.9 Å². The molecule has 0 atom stereocenters. The van der Waals surface area contributed by atoms with E-state index in [4.69, 9.17) is 23.2 Å². The van der Waals surface area contributed by atoms with Crippen LogP contribution in [0.3, 0.4) is 0 Å². The van der Waals surface area contributed by atoms with Gasteiger partial charge in [-0.1, -0.05) is 47.5 Å². The Bertz CT molecular complexity index is 1020. The largest absolute Gasteiger partial charge is 0.289 e. The second-order valence-electron chi connectivity index (χ2n) is 5.94. The van der Waals surface area contributed by atoms with Crippen molar-refractivity contribution in [1.82, 2.24) is 4.98 Å². The molecule has 0 aliphatic rings. The minimum absolute atomic E-state index is 0.113. The summed E-state index contributed by atoms with van der Waals surface area (Å²) in [6.07, 6.45) is 3.89. The van der Waals surface area contributed by atoms with Crippen LogP contribution in [-0.2, 0) is 6.42 Å². The molecule has 0 spiro atoms. The first-order valence-electron chi connectivity index (χ1n) is 8.15. The number of nitro groups is 1. The van der Waals surface area contributed by atoms with Gasteiger partial charge in [-0.25, -0.2) is 4.98 Å². The molecule has 1 heterocycles. The Hall–Kier alpha value is -2.41. The van der Waals surface area contributed by atoms with Gasteiger partial charge in [0.05, 0.1) is 20.0 Å². The Morgan fingerprint density at radius 1 is 1.07 bits per heavy atom. The molecule has 1 aromatic heterocycles. The van der Waals surface area contributed by atoms with Gasteiger partial charge in [0, 0.05) is 35.9 Å². The molecule has 3 aromatic rings. The highest BCUT2D eigenvalue weighted by atomic mass is 35.5. The van der Waals surface area contributed by atoms with Crippen LogP contribution in [0.1, 0.15) is 27.0 Å². The summed E-state index contributed by atoms with van der Waals surface area (Å²) in [7, 11) is 0. The SMILES string of the molecule is CSc1ccc(C(=O)c2ccc(Cc3c(Cl)cc([N+](=O)[O-])cc3Cl)cc2)cn1. The molecule has 0 fully saturated rings.